The molecule has 0 radical (unpaired) electrons. The van der Waals surface area contributed by atoms with Crippen molar-refractivity contribution in [2.45, 2.75) is 4.90 Å². The zero-order valence-corrected chi connectivity index (χ0v) is 12.9. The van der Waals surface area contributed by atoms with Crippen LogP contribution in [0.5, 0.6) is 0 Å². The van der Waals surface area contributed by atoms with Gasteiger partial charge in [-0.15, -0.1) is 0 Å². The zero-order valence-electron chi connectivity index (χ0n) is 9.77. The van der Waals surface area contributed by atoms with Crippen LogP contribution in [-0.4, -0.2) is 13.4 Å². The number of hydrogen-bond donors (Lipinski definition) is 2. The third kappa shape index (κ3) is 3.27. The molecule has 0 fully saturated rings. The van der Waals surface area contributed by atoms with E-state index >= 15 is 0 Å². The lowest BCUT2D eigenvalue weighted by atomic mass is 10.3. The Labute approximate surface area is 130 Å². The highest BCUT2D eigenvalue weighted by Crippen LogP contribution is 2.32. The molecule has 0 saturated heterocycles. The quantitative estimate of drug-likeness (QED) is 0.829. The first-order chi connectivity index (χ1) is 9.29. The van der Waals surface area contributed by atoms with Crippen molar-refractivity contribution < 1.29 is 8.42 Å². The molecule has 106 valence electrons. The Hall–Kier alpha value is -1.21. The average molecular weight is 353 g/mol. The maximum Gasteiger partial charge on any atom is 0.266 e. The van der Waals surface area contributed by atoms with Gasteiger partial charge in [0.15, 0.2) is 0 Å². The van der Waals surface area contributed by atoms with Gasteiger partial charge in [-0.1, -0.05) is 34.8 Å². The molecule has 1 heterocycles. The van der Waals surface area contributed by atoms with Crippen molar-refractivity contribution in [3.05, 3.63) is 45.5 Å². The number of nitrogens with one attached hydrogen (secondary N) is 1. The van der Waals surface area contributed by atoms with Crippen molar-refractivity contribution in [1.29, 1.82) is 0 Å². The lowest BCUT2D eigenvalue weighted by Gasteiger charge is -2.11. The Balaban J connectivity index is 2.46. The molecule has 0 aliphatic rings. The van der Waals surface area contributed by atoms with Gasteiger partial charge in [0.25, 0.3) is 10.0 Å². The molecule has 0 spiro atoms. The molecule has 0 saturated carbocycles. The molecule has 5 nitrogen and oxygen atoms in total. The van der Waals surface area contributed by atoms with Crippen LogP contribution >= 0.6 is 34.8 Å². The first-order valence-corrected chi connectivity index (χ1v) is 7.80. The highest BCUT2D eigenvalue weighted by atomic mass is 35.5. The molecule has 9 heteroatoms. The molecule has 1 aromatic carbocycles. The van der Waals surface area contributed by atoms with E-state index in [0.717, 1.165) is 0 Å². The summed E-state index contributed by atoms with van der Waals surface area (Å²) in [6.07, 6.45) is 1.37. The number of rotatable bonds is 3. The number of benzene rings is 1. The largest absolute Gasteiger partial charge is 0.399 e. The highest BCUT2D eigenvalue weighted by molar-refractivity contribution is 7.93. The molecule has 2 aromatic rings. The van der Waals surface area contributed by atoms with Crippen LogP contribution in [0.4, 0.5) is 11.5 Å². The maximum absolute atomic E-state index is 12.3. The summed E-state index contributed by atoms with van der Waals surface area (Å²) in [5.74, 6) is 0.0569. The molecule has 1 aromatic heterocycles. The number of halogens is 3. The second-order valence-corrected chi connectivity index (χ2v) is 6.65. The Bertz CT molecular complexity index is 742. The van der Waals surface area contributed by atoms with Crippen molar-refractivity contribution in [3.63, 3.8) is 0 Å². The van der Waals surface area contributed by atoms with Gasteiger partial charge in [0, 0.05) is 23.0 Å². The first-order valence-electron chi connectivity index (χ1n) is 5.18. The van der Waals surface area contributed by atoms with Gasteiger partial charge in [-0.2, -0.15) is 0 Å². The first kappa shape index (κ1) is 15.2. The minimum Gasteiger partial charge on any atom is -0.399 e. The van der Waals surface area contributed by atoms with Crippen LogP contribution in [0.25, 0.3) is 0 Å². The van der Waals surface area contributed by atoms with Gasteiger partial charge in [0.1, 0.15) is 10.7 Å². The molecular weight excluding hydrogens is 345 g/mol. The van der Waals surface area contributed by atoms with E-state index < -0.39 is 10.0 Å². The van der Waals surface area contributed by atoms with E-state index in [2.05, 4.69) is 9.71 Å². The molecule has 0 amide bonds. The number of nitrogens with two attached hydrogens (primary N) is 1. The molecule has 0 aliphatic carbocycles. The third-order valence-corrected chi connectivity index (χ3v) is 4.76. The summed E-state index contributed by atoms with van der Waals surface area (Å²) in [6, 6.07) is 5.47. The van der Waals surface area contributed by atoms with E-state index in [-0.39, 0.29) is 26.4 Å². The number of aromatic nitrogens is 1. The third-order valence-electron chi connectivity index (χ3n) is 2.25. The molecule has 2 rings (SSSR count). The van der Waals surface area contributed by atoms with Crippen molar-refractivity contribution in [2.24, 2.45) is 0 Å². The van der Waals surface area contributed by atoms with Crippen molar-refractivity contribution in [3.8, 4) is 0 Å². The summed E-state index contributed by atoms with van der Waals surface area (Å²) in [6.45, 7) is 0. The topological polar surface area (TPSA) is 85.1 Å². The van der Waals surface area contributed by atoms with Gasteiger partial charge < -0.3 is 5.73 Å². The van der Waals surface area contributed by atoms with Gasteiger partial charge in [-0.25, -0.2) is 13.4 Å². The number of anilines is 2. The van der Waals surface area contributed by atoms with Crippen LogP contribution in [0.2, 0.25) is 15.1 Å². The number of nitrogens with zero attached hydrogens (tertiary/aromatic N) is 1. The Kier molecular flexibility index (Phi) is 4.29. The molecule has 0 unspecified atom stereocenters. The van der Waals surface area contributed by atoms with Crippen molar-refractivity contribution in [2.75, 3.05) is 10.5 Å². The fraction of sp³-hybridized carbons (Fsp3) is 0. The molecular formula is C11H8Cl3N3O2S. The Morgan fingerprint density at radius 3 is 2.25 bits per heavy atom. The lowest BCUT2D eigenvalue weighted by Crippen LogP contribution is -2.15. The van der Waals surface area contributed by atoms with E-state index in [1.165, 1.54) is 30.5 Å². The van der Waals surface area contributed by atoms with Crippen molar-refractivity contribution in [1.82, 2.24) is 4.98 Å². The maximum atomic E-state index is 12.3. The van der Waals surface area contributed by atoms with Crippen LogP contribution in [-0.2, 0) is 10.0 Å². The highest BCUT2D eigenvalue weighted by Gasteiger charge is 2.23. The standard InChI is InChI=1S/C11H8Cl3N3O2S/c12-6-1-2-16-10(3-6)17-20(18,19)11-8(13)4-7(15)5-9(11)14/h1-5H,15H2,(H,16,17). The van der Waals surface area contributed by atoms with E-state index in [1.807, 2.05) is 0 Å². The van der Waals surface area contributed by atoms with E-state index in [9.17, 15) is 8.42 Å². The molecule has 0 bridgehead atoms. The van der Waals surface area contributed by atoms with E-state index in [0.29, 0.717) is 5.02 Å². The number of nitrogen functional groups attached to an aromatic ring is 1. The normalized spacial score (nSPS) is 11.3. The molecule has 20 heavy (non-hydrogen) atoms. The SMILES string of the molecule is Nc1cc(Cl)c(S(=O)(=O)Nc2cc(Cl)ccn2)c(Cl)c1. The molecule has 0 atom stereocenters. The monoisotopic (exact) mass is 351 g/mol. The summed E-state index contributed by atoms with van der Waals surface area (Å²) in [7, 11) is -4.00. The number of sulfonamides is 1. The van der Waals surface area contributed by atoms with Crippen LogP contribution in [0.15, 0.2) is 35.4 Å². The van der Waals surface area contributed by atoms with Crippen LogP contribution < -0.4 is 10.5 Å². The predicted octanol–water partition coefficient (Wildman–Crippen LogP) is 3.42. The number of pyridine rings is 1. The Morgan fingerprint density at radius 1 is 1.10 bits per heavy atom. The average Bonchev–Trinajstić information content (AvgIpc) is 2.25. The number of hydrogen-bond acceptors (Lipinski definition) is 4. The Morgan fingerprint density at radius 2 is 1.70 bits per heavy atom. The van der Waals surface area contributed by atoms with Crippen molar-refractivity contribution >= 4 is 56.3 Å². The molecule has 3 N–H and O–H groups in total. The van der Waals surface area contributed by atoms with Crippen LogP contribution in [0, 0.1) is 0 Å². The van der Waals surface area contributed by atoms with Gasteiger partial charge in [0.2, 0.25) is 0 Å². The van der Waals surface area contributed by atoms with Gasteiger partial charge >= 0.3 is 0 Å². The summed E-state index contributed by atoms with van der Waals surface area (Å²) in [5.41, 5.74) is 5.79. The fourth-order valence-electron chi connectivity index (χ4n) is 1.49. The minimum absolute atomic E-state index is 0.0569. The summed E-state index contributed by atoms with van der Waals surface area (Å²) < 4.78 is 26.8. The second kappa shape index (κ2) is 5.65. The summed E-state index contributed by atoms with van der Waals surface area (Å²) in [4.78, 5) is 3.57. The minimum atomic E-state index is -4.00. The fourth-order valence-corrected chi connectivity index (χ4v) is 3.88. The van der Waals surface area contributed by atoms with Crippen LogP contribution in [0.1, 0.15) is 0 Å². The predicted molar refractivity (Wildman–Crippen MR) is 80.9 cm³/mol. The zero-order chi connectivity index (χ0) is 14.9. The second-order valence-electron chi connectivity index (χ2n) is 3.78. The molecule has 0 aliphatic heterocycles. The van der Waals surface area contributed by atoms with Gasteiger partial charge in [-0.3, -0.25) is 4.72 Å². The lowest BCUT2D eigenvalue weighted by molar-refractivity contribution is 0.601. The van der Waals surface area contributed by atoms with Crippen LogP contribution in [0.3, 0.4) is 0 Å². The van der Waals surface area contributed by atoms with E-state index in [1.54, 1.807) is 0 Å². The summed E-state index contributed by atoms with van der Waals surface area (Å²) in [5, 5.41) is 0.182. The van der Waals surface area contributed by atoms with E-state index in [4.69, 9.17) is 40.5 Å². The summed E-state index contributed by atoms with van der Waals surface area (Å²) >= 11 is 17.5. The van der Waals surface area contributed by atoms with Gasteiger partial charge in [0.05, 0.1) is 10.0 Å². The van der Waals surface area contributed by atoms with Gasteiger partial charge in [-0.05, 0) is 18.2 Å². The smallest absolute Gasteiger partial charge is 0.266 e.